The summed E-state index contributed by atoms with van der Waals surface area (Å²) in [5.74, 6) is -4.10. The number of carboxylic acids is 1. The summed E-state index contributed by atoms with van der Waals surface area (Å²) in [7, 11) is 0. The predicted molar refractivity (Wildman–Crippen MR) is 151 cm³/mol. The van der Waals surface area contributed by atoms with Crippen molar-refractivity contribution < 1.29 is 38.6 Å². The minimum absolute atomic E-state index is 0.0762. The minimum atomic E-state index is -1.23. The van der Waals surface area contributed by atoms with E-state index in [1.165, 1.54) is 27.7 Å². The van der Waals surface area contributed by atoms with Crippen LogP contribution in [0.1, 0.15) is 44.7 Å². The van der Waals surface area contributed by atoms with Crippen molar-refractivity contribution >= 4 is 35.7 Å². The largest absolute Gasteiger partial charge is 0.480 e. The van der Waals surface area contributed by atoms with Crippen molar-refractivity contribution in [2.24, 2.45) is 0 Å². The van der Waals surface area contributed by atoms with Crippen molar-refractivity contribution in [3.05, 3.63) is 59.7 Å². The molecular formula is C29H35N5O8. The smallest absolute Gasteiger partial charge is 0.407 e. The lowest BCUT2D eigenvalue weighted by molar-refractivity contribution is -0.138. The second kappa shape index (κ2) is 14.1. The number of benzene rings is 2. The quantitative estimate of drug-likeness (QED) is 0.210. The van der Waals surface area contributed by atoms with Gasteiger partial charge in [0.05, 0.1) is 0 Å². The summed E-state index contributed by atoms with van der Waals surface area (Å²) in [6.07, 6.45) is -0.788. The fourth-order valence-corrected chi connectivity index (χ4v) is 4.41. The number of alkyl carbamates (subject to hydrolysis) is 1. The number of fused-ring (bicyclic) bond motifs is 3. The summed E-state index contributed by atoms with van der Waals surface area (Å²) in [6, 6.07) is 11.6. The average Bonchev–Trinajstić information content (AvgIpc) is 3.27. The number of nitrogens with one attached hydrogen (secondary N) is 5. The lowest BCUT2D eigenvalue weighted by Gasteiger charge is -2.21. The van der Waals surface area contributed by atoms with Crippen LogP contribution in [0.3, 0.4) is 0 Å². The van der Waals surface area contributed by atoms with Crippen molar-refractivity contribution in [3.8, 4) is 11.1 Å². The topological polar surface area (TPSA) is 192 Å². The molecule has 2 aromatic rings. The van der Waals surface area contributed by atoms with Crippen LogP contribution in [-0.2, 0) is 28.7 Å². The Bertz CT molecular complexity index is 1320. The first-order valence-corrected chi connectivity index (χ1v) is 13.4. The van der Waals surface area contributed by atoms with Gasteiger partial charge in [-0.05, 0) is 49.9 Å². The molecule has 5 amide bonds. The van der Waals surface area contributed by atoms with Gasteiger partial charge in [0, 0.05) is 5.92 Å². The van der Waals surface area contributed by atoms with Gasteiger partial charge in [0.1, 0.15) is 37.3 Å². The Morgan fingerprint density at radius 2 is 1.07 bits per heavy atom. The molecule has 3 rings (SSSR count). The number of aliphatic carboxylic acids is 1. The molecule has 0 aromatic heterocycles. The van der Waals surface area contributed by atoms with Crippen molar-refractivity contribution in [1.29, 1.82) is 0 Å². The second-order valence-corrected chi connectivity index (χ2v) is 9.99. The number of amides is 5. The Hall–Kier alpha value is -4.94. The zero-order chi connectivity index (χ0) is 31.0. The summed E-state index contributed by atoms with van der Waals surface area (Å²) in [4.78, 5) is 72.4. The van der Waals surface area contributed by atoms with E-state index in [0.717, 1.165) is 22.3 Å². The van der Waals surface area contributed by atoms with Crippen LogP contribution in [0.25, 0.3) is 11.1 Å². The maximum Gasteiger partial charge on any atom is 0.407 e. The molecule has 42 heavy (non-hydrogen) atoms. The Morgan fingerprint density at radius 3 is 1.52 bits per heavy atom. The van der Waals surface area contributed by atoms with Crippen LogP contribution >= 0.6 is 0 Å². The van der Waals surface area contributed by atoms with Gasteiger partial charge in [-0.25, -0.2) is 4.79 Å². The summed E-state index contributed by atoms with van der Waals surface area (Å²) < 4.78 is 5.46. The summed E-state index contributed by atoms with van der Waals surface area (Å²) >= 11 is 0. The fourth-order valence-electron chi connectivity index (χ4n) is 4.41. The van der Waals surface area contributed by atoms with Crippen LogP contribution < -0.4 is 26.6 Å². The highest BCUT2D eigenvalue weighted by molar-refractivity contribution is 5.95. The van der Waals surface area contributed by atoms with Gasteiger partial charge >= 0.3 is 12.1 Å². The normalized spacial score (nSPS) is 14.6. The van der Waals surface area contributed by atoms with E-state index in [-0.39, 0.29) is 12.5 Å². The molecule has 13 nitrogen and oxygen atoms in total. The van der Waals surface area contributed by atoms with Gasteiger partial charge in [0.15, 0.2) is 0 Å². The SMILES string of the molecule is C[C@H](NC(=O)OCC1c2ccccc2-c2ccccc21)C(=O)N[C@@H](C)C(=O)N[C@@H](C)C(=O)N[C@@H](C)C(=O)NCC(=O)O. The predicted octanol–water partition coefficient (Wildman–Crippen LogP) is 0.629. The van der Waals surface area contributed by atoms with Gasteiger partial charge in [0.25, 0.3) is 0 Å². The number of hydrogen-bond donors (Lipinski definition) is 6. The van der Waals surface area contributed by atoms with E-state index in [2.05, 4.69) is 26.6 Å². The monoisotopic (exact) mass is 581 g/mol. The van der Waals surface area contributed by atoms with Crippen LogP contribution in [0.5, 0.6) is 0 Å². The van der Waals surface area contributed by atoms with Gasteiger partial charge in [-0.15, -0.1) is 0 Å². The molecule has 0 radical (unpaired) electrons. The summed E-state index contributed by atoms with van der Waals surface area (Å²) in [6.45, 7) is 5.06. The maximum atomic E-state index is 12.6. The Kier molecular flexibility index (Phi) is 10.6. The first kappa shape index (κ1) is 31.6. The number of carbonyl (C=O) groups excluding carboxylic acids is 5. The molecule has 224 valence electrons. The van der Waals surface area contributed by atoms with Gasteiger partial charge in [-0.3, -0.25) is 24.0 Å². The van der Waals surface area contributed by atoms with E-state index < -0.39 is 66.4 Å². The maximum absolute atomic E-state index is 12.6. The molecular weight excluding hydrogens is 546 g/mol. The first-order chi connectivity index (χ1) is 19.9. The van der Waals surface area contributed by atoms with Crippen LogP contribution in [-0.4, -0.2) is 78.1 Å². The van der Waals surface area contributed by atoms with Crippen molar-refractivity contribution in [2.75, 3.05) is 13.2 Å². The molecule has 0 fully saturated rings. The van der Waals surface area contributed by atoms with Gasteiger partial charge in [0.2, 0.25) is 23.6 Å². The van der Waals surface area contributed by atoms with E-state index in [1.807, 2.05) is 48.5 Å². The van der Waals surface area contributed by atoms with E-state index in [4.69, 9.17) is 9.84 Å². The fraction of sp³-hybridized carbons (Fsp3) is 0.379. The van der Waals surface area contributed by atoms with Gasteiger partial charge in [-0.2, -0.15) is 0 Å². The number of carbonyl (C=O) groups is 6. The molecule has 0 aliphatic heterocycles. The standard InChI is InChI=1S/C29H35N5O8/c1-15(25(37)30-13-24(35)36)31-26(38)16(2)32-27(39)17(3)33-28(40)18(4)34-29(41)42-14-23-21-11-7-5-9-19(21)20-10-6-8-12-22(20)23/h5-12,15-18,23H,13-14H2,1-4H3,(H,30,37)(H,31,38)(H,32,39)(H,33,40)(H,34,41)(H,35,36)/t15-,16-,17-,18-/m0/s1. The van der Waals surface area contributed by atoms with Crippen LogP contribution in [0.15, 0.2) is 48.5 Å². The van der Waals surface area contributed by atoms with Crippen molar-refractivity contribution in [3.63, 3.8) is 0 Å². The number of rotatable bonds is 12. The molecule has 0 bridgehead atoms. The Morgan fingerprint density at radius 1 is 0.667 bits per heavy atom. The third kappa shape index (κ3) is 8.05. The van der Waals surface area contributed by atoms with E-state index in [0.29, 0.717) is 0 Å². The highest BCUT2D eigenvalue weighted by Gasteiger charge is 2.30. The van der Waals surface area contributed by atoms with Crippen molar-refractivity contribution in [2.45, 2.75) is 57.8 Å². The van der Waals surface area contributed by atoms with Gasteiger partial charge in [-0.1, -0.05) is 48.5 Å². The zero-order valence-electron chi connectivity index (χ0n) is 23.7. The third-order valence-electron chi connectivity index (χ3n) is 6.74. The molecule has 1 aliphatic carbocycles. The number of ether oxygens (including phenoxy) is 1. The molecule has 0 heterocycles. The number of hydrogen-bond acceptors (Lipinski definition) is 7. The number of carboxylic acid groups (broad SMARTS) is 1. The van der Waals surface area contributed by atoms with Crippen LogP contribution in [0, 0.1) is 0 Å². The van der Waals surface area contributed by atoms with E-state index in [1.54, 1.807) is 0 Å². The second-order valence-electron chi connectivity index (χ2n) is 9.99. The third-order valence-corrected chi connectivity index (χ3v) is 6.74. The van der Waals surface area contributed by atoms with E-state index in [9.17, 15) is 28.8 Å². The van der Waals surface area contributed by atoms with Crippen molar-refractivity contribution in [1.82, 2.24) is 26.6 Å². The molecule has 13 heteroatoms. The van der Waals surface area contributed by atoms with Crippen LogP contribution in [0.4, 0.5) is 4.79 Å². The molecule has 1 aliphatic rings. The van der Waals surface area contributed by atoms with Gasteiger partial charge < -0.3 is 36.4 Å². The van der Waals surface area contributed by atoms with E-state index >= 15 is 0 Å². The minimum Gasteiger partial charge on any atom is -0.480 e. The highest BCUT2D eigenvalue weighted by atomic mass is 16.5. The van der Waals surface area contributed by atoms with Crippen LogP contribution in [0.2, 0.25) is 0 Å². The lowest BCUT2D eigenvalue weighted by Crippen LogP contribution is -2.56. The summed E-state index contributed by atoms with van der Waals surface area (Å²) in [5.41, 5.74) is 4.28. The average molecular weight is 582 g/mol. The molecule has 0 spiro atoms. The molecule has 0 unspecified atom stereocenters. The molecule has 0 saturated heterocycles. The first-order valence-electron chi connectivity index (χ1n) is 13.4. The molecule has 0 saturated carbocycles. The Balaban J connectivity index is 1.43. The highest BCUT2D eigenvalue weighted by Crippen LogP contribution is 2.44. The molecule has 6 N–H and O–H groups in total. The molecule has 2 aromatic carbocycles. The lowest BCUT2D eigenvalue weighted by atomic mass is 9.98. The Labute approximate surface area is 242 Å². The summed E-state index contributed by atoms with van der Waals surface area (Å²) in [5, 5.41) is 20.5. The molecule has 4 atom stereocenters. The zero-order valence-corrected chi connectivity index (χ0v) is 23.7.